The Labute approximate surface area is 208 Å². The second kappa shape index (κ2) is 12.7. The summed E-state index contributed by atoms with van der Waals surface area (Å²) in [7, 11) is 7.05. The average Bonchev–Trinajstić information content (AvgIpc) is 2.77. The molecule has 35 heavy (non-hydrogen) atoms. The van der Waals surface area contributed by atoms with Gasteiger partial charge >= 0.3 is 6.03 Å². The van der Waals surface area contributed by atoms with Crippen molar-refractivity contribution in [3.05, 3.63) is 23.8 Å². The molecule has 2 N–H and O–H groups in total. The van der Waals surface area contributed by atoms with Gasteiger partial charge in [0.1, 0.15) is 12.4 Å². The van der Waals surface area contributed by atoms with Gasteiger partial charge in [-0.25, -0.2) is 4.79 Å². The second-order valence-electron chi connectivity index (χ2n) is 9.85. The Balaban J connectivity index is 2.41. The number of nitrogens with one attached hydrogen (secondary N) is 2. The molecule has 4 amide bonds. The number of nitrogens with zero attached hydrogens (tertiary/aromatic N) is 3. The summed E-state index contributed by atoms with van der Waals surface area (Å²) in [5.74, 6) is 0.141. The first kappa shape index (κ1) is 28.4. The number of methoxy groups -OCH3 is 1. The third-order valence-electron chi connectivity index (χ3n) is 5.89. The van der Waals surface area contributed by atoms with E-state index in [0.29, 0.717) is 30.1 Å². The predicted octanol–water partition coefficient (Wildman–Crippen LogP) is 2.11. The molecule has 1 aromatic carbocycles. The number of carbonyl (C=O) groups is 3. The number of ether oxygens (including phenoxy) is 2. The average molecular weight is 492 g/mol. The molecule has 1 aliphatic heterocycles. The standard InChI is InChI=1S/C25H41N5O5/c1-16(2)26-25(33)27-19-9-10-21-20(11-19)24(32)29(7)13-22(34-8)17(3)12-30(18(4)15-35-21)23(31)14-28(5)6/h9-11,16-18,22H,12-15H2,1-8H3,(H2,26,27,33)/t17-,18+,22-/m0/s1. The molecule has 3 atom stereocenters. The molecular weight excluding hydrogens is 450 g/mol. The summed E-state index contributed by atoms with van der Waals surface area (Å²) >= 11 is 0. The van der Waals surface area contributed by atoms with E-state index in [-0.39, 0.29) is 55.1 Å². The number of hydrogen-bond acceptors (Lipinski definition) is 6. The lowest BCUT2D eigenvalue weighted by molar-refractivity contribution is -0.136. The van der Waals surface area contributed by atoms with Gasteiger partial charge in [0.2, 0.25) is 5.91 Å². The maximum atomic E-state index is 13.4. The number of urea groups is 1. The number of likely N-dealkylation sites (N-methyl/N-ethyl adjacent to an activating group) is 2. The molecule has 1 aliphatic rings. The third-order valence-corrected chi connectivity index (χ3v) is 5.89. The zero-order valence-corrected chi connectivity index (χ0v) is 22.3. The summed E-state index contributed by atoms with van der Waals surface area (Å²) in [6.07, 6.45) is -0.271. The zero-order chi connectivity index (χ0) is 26.3. The van der Waals surface area contributed by atoms with Crippen LogP contribution in [-0.2, 0) is 9.53 Å². The fourth-order valence-electron chi connectivity index (χ4n) is 3.99. The number of anilines is 1. The van der Waals surface area contributed by atoms with E-state index in [4.69, 9.17) is 9.47 Å². The van der Waals surface area contributed by atoms with Gasteiger partial charge in [-0.1, -0.05) is 6.92 Å². The van der Waals surface area contributed by atoms with Crippen molar-refractivity contribution in [3.8, 4) is 5.75 Å². The van der Waals surface area contributed by atoms with E-state index in [0.717, 1.165) is 0 Å². The summed E-state index contributed by atoms with van der Waals surface area (Å²) in [5.41, 5.74) is 0.808. The number of fused-ring (bicyclic) bond motifs is 1. The minimum absolute atomic E-state index is 0.00484. The van der Waals surface area contributed by atoms with Crippen LogP contribution in [-0.4, -0.2) is 105 Å². The number of benzene rings is 1. The van der Waals surface area contributed by atoms with Crippen molar-refractivity contribution < 1.29 is 23.9 Å². The van der Waals surface area contributed by atoms with Gasteiger partial charge in [-0.2, -0.15) is 0 Å². The van der Waals surface area contributed by atoms with Crippen molar-refractivity contribution in [2.24, 2.45) is 5.92 Å². The molecule has 0 spiro atoms. The number of rotatable bonds is 5. The van der Waals surface area contributed by atoms with Crippen molar-refractivity contribution in [1.29, 1.82) is 0 Å². The second-order valence-corrected chi connectivity index (χ2v) is 9.85. The highest BCUT2D eigenvalue weighted by molar-refractivity contribution is 5.99. The molecule has 1 heterocycles. The minimum Gasteiger partial charge on any atom is -0.491 e. The van der Waals surface area contributed by atoms with E-state index in [1.807, 2.05) is 51.6 Å². The van der Waals surface area contributed by atoms with Gasteiger partial charge in [0.05, 0.1) is 24.3 Å². The van der Waals surface area contributed by atoms with E-state index < -0.39 is 0 Å². The first-order valence-electron chi connectivity index (χ1n) is 12.0. The largest absolute Gasteiger partial charge is 0.491 e. The summed E-state index contributed by atoms with van der Waals surface area (Å²) < 4.78 is 11.8. The van der Waals surface area contributed by atoms with Crippen LogP contribution >= 0.6 is 0 Å². The Hall–Kier alpha value is -2.85. The third kappa shape index (κ3) is 8.10. The Morgan fingerprint density at radius 1 is 1.23 bits per heavy atom. The van der Waals surface area contributed by atoms with Crippen LogP contribution in [0.25, 0.3) is 0 Å². The van der Waals surface area contributed by atoms with Crippen molar-refractivity contribution in [1.82, 2.24) is 20.0 Å². The van der Waals surface area contributed by atoms with Gasteiger partial charge in [0, 0.05) is 44.9 Å². The molecule has 10 heteroatoms. The minimum atomic E-state index is -0.355. The molecule has 0 saturated carbocycles. The first-order valence-corrected chi connectivity index (χ1v) is 12.0. The van der Waals surface area contributed by atoms with Crippen molar-refractivity contribution in [2.45, 2.75) is 45.9 Å². The van der Waals surface area contributed by atoms with E-state index in [9.17, 15) is 14.4 Å². The molecule has 0 saturated heterocycles. The summed E-state index contributed by atoms with van der Waals surface area (Å²) in [4.78, 5) is 43.9. The molecule has 1 aromatic rings. The number of carbonyl (C=O) groups excluding carboxylic acids is 3. The molecular formula is C25H41N5O5. The van der Waals surface area contributed by atoms with Crippen LogP contribution < -0.4 is 15.4 Å². The van der Waals surface area contributed by atoms with Crippen LogP contribution in [0.2, 0.25) is 0 Å². The van der Waals surface area contributed by atoms with Gasteiger partial charge in [-0.05, 0) is 53.1 Å². The summed E-state index contributed by atoms with van der Waals surface area (Å²) in [5, 5.41) is 5.53. The van der Waals surface area contributed by atoms with Crippen LogP contribution in [0.1, 0.15) is 38.1 Å². The molecule has 0 unspecified atom stereocenters. The van der Waals surface area contributed by atoms with E-state index in [1.54, 1.807) is 37.3 Å². The quantitative estimate of drug-likeness (QED) is 0.654. The predicted molar refractivity (Wildman–Crippen MR) is 136 cm³/mol. The van der Waals surface area contributed by atoms with Crippen molar-refractivity contribution >= 4 is 23.5 Å². The van der Waals surface area contributed by atoms with Crippen LogP contribution in [0.3, 0.4) is 0 Å². The molecule has 0 radical (unpaired) electrons. The molecule has 0 aromatic heterocycles. The van der Waals surface area contributed by atoms with Crippen molar-refractivity contribution in [2.75, 3.05) is 59.8 Å². The smallest absolute Gasteiger partial charge is 0.319 e. The van der Waals surface area contributed by atoms with Gasteiger partial charge in [0.15, 0.2) is 0 Å². The van der Waals surface area contributed by atoms with E-state index in [2.05, 4.69) is 10.6 Å². The summed E-state index contributed by atoms with van der Waals surface area (Å²) in [6, 6.07) is 4.38. The lowest BCUT2D eigenvalue weighted by Gasteiger charge is -2.36. The van der Waals surface area contributed by atoms with E-state index >= 15 is 0 Å². The Bertz CT molecular complexity index is 891. The fourth-order valence-corrected chi connectivity index (χ4v) is 3.99. The maximum absolute atomic E-state index is 13.4. The zero-order valence-electron chi connectivity index (χ0n) is 22.3. The molecule has 10 nitrogen and oxygen atoms in total. The topological polar surface area (TPSA) is 103 Å². The lowest BCUT2D eigenvalue weighted by Crippen LogP contribution is -2.50. The highest BCUT2D eigenvalue weighted by Crippen LogP contribution is 2.26. The van der Waals surface area contributed by atoms with Gasteiger partial charge < -0.3 is 34.8 Å². The molecule has 0 fully saturated rings. The SMILES string of the molecule is CO[C@H]1CN(C)C(=O)c2cc(NC(=O)NC(C)C)ccc2OC[C@@H](C)N(C(=O)CN(C)C)C[C@@H]1C. The number of hydrogen-bond donors (Lipinski definition) is 2. The van der Waals surface area contributed by atoms with Crippen molar-refractivity contribution in [3.63, 3.8) is 0 Å². The highest BCUT2D eigenvalue weighted by Gasteiger charge is 2.30. The maximum Gasteiger partial charge on any atom is 0.319 e. The van der Waals surface area contributed by atoms with Gasteiger partial charge in [-0.3, -0.25) is 9.59 Å². The van der Waals surface area contributed by atoms with E-state index in [1.165, 1.54) is 0 Å². The molecule has 0 aliphatic carbocycles. The van der Waals surface area contributed by atoms with Gasteiger partial charge in [0.25, 0.3) is 5.91 Å². The van der Waals surface area contributed by atoms with Crippen LogP contribution in [0.4, 0.5) is 10.5 Å². The Morgan fingerprint density at radius 2 is 1.91 bits per heavy atom. The van der Waals surface area contributed by atoms with Crippen LogP contribution in [0.5, 0.6) is 5.75 Å². The van der Waals surface area contributed by atoms with Crippen LogP contribution in [0, 0.1) is 5.92 Å². The monoisotopic (exact) mass is 491 g/mol. The molecule has 196 valence electrons. The molecule has 2 rings (SSSR count). The Kier molecular flexibility index (Phi) is 10.3. The fraction of sp³-hybridized carbons (Fsp3) is 0.640. The molecule has 0 bridgehead atoms. The van der Waals surface area contributed by atoms with Gasteiger partial charge in [-0.15, -0.1) is 0 Å². The first-order chi connectivity index (χ1) is 16.4. The number of amides is 4. The highest BCUT2D eigenvalue weighted by atomic mass is 16.5. The summed E-state index contributed by atoms with van der Waals surface area (Å²) in [6.45, 7) is 9.02. The Morgan fingerprint density at radius 3 is 2.51 bits per heavy atom. The van der Waals surface area contributed by atoms with Crippen LogP contribution in [0.15, 0.2) is 18.2 Å². The normalized spacial score (nSPS) is 21.7. The lowest BCUT2D eigenvalue weighted by atomic mass is 10.0.